The highest BCUT2D eigenvalue weighted by molar-refractivity contribution is 6.30. The van der Waals surface area contributed by atoms with Crippen molar-refractivity contribution in [1.29, 1.82) is 5.41 Å². The molecule has 0 bridgehead atoms. The molecule has 3 N–H and O–H groups in total. The Morgan fingerprint density at radius 1 is 1.19 bits per heavy atom. The van der Waals surface area contributed by atoms with Gasteiger partial charge in [-0.05, 0) is 42.7 Å². The van der Waals surface area contributed by atoms with Crippen LogP contribution in [0.25, 0.3) is 6.08 Å². The molecule has 1 aromatic heterocycles. The molecule has 0 amide bonds. The average molecular weight is 381 g/mol. The monoisotopic (exact) mass is 380 g/mol. The van der Waals surface area contributed by atoms with Crippen LogP contribution in [0.15, 0.2) is 67.1 Å². The molecule has 27 heavy (non-hydrogen) atoms. The molecule has 1 heterocycles. The number of halogens is 1. The number of amidine groups is 1. The van der Waals surface area contributed by atoms with Crippen molar-refractivity contribution in [2.75, 3.05) is 0 Å². The lowest BCUT2D eigenvalue weighted by atomic mass is 10.1. The number of nitrogens with two attached hydrogens (primary N) is 1. The van der Waals surface area contributed by atoms with E-state index in [2.05, 4.69) is 52.2 Å². The van der Waals surface area contributed by atoms with Crippen molar-refractivity contribution in [2.24, 2.45) is 5.73 Å². The highest BCUT2D eigenvalue weighted by Gasteiger charge is 2.02. The first-order valence-corrected chi connectivity index (χ1v) is 9.11. The molecule has 0 fully saturated rings. The molecule has 0 radical (unpaired) electrons. The number of imidazole rings is 1. The van der Waals surface area contributed by atoms with Crippen LogP contribution >= 0.6 is 11.6 Å². The first kappa shape index (κ1) is 20.5. The molecule has 0 unspecified atom stereocenters. The van der Waals surface area contributed by atoms with Gasteiger partial charge in [-0.15, -0.1) is 0 Å². The van der Waals surface area contributed by atoms with Crippen LogP contribution in [-0.4, -0.2) is 15.4 Å². The summed E-state index contributed by atoms with van der Waals surface area (Å²) in [5.74, 6) is 0.167. The molecule has 3 aromatic rings. The second-order valence-corrected chi connectivity index (χ2v) is 6.71. The second-order valence-electron chi connectivity index (χ2n) is 6.27. The molecule has 0 aliphatic heterocycles. The molecule has 2 aromatic carbocycles. The standard InChI is InChI=1S/C20H19ClN2.C2H6N2/c1-2-4-16-5-3-6-18(11-16)12-20-14-23(15-22-20)13-17-7-9-19(21)10-8-17;1-2(3)4/h2-11,14-15H,12-13H2,1H3;1H3,(H3,3,4). The Morgan fingerprint density at radius 3 is 2.56 bits per heavy atom. The van der Waals surface area contributed by atoms with E-state index in [1.165, 1.54) is 23.6 Å². The number of hydrogen-bond donors (Lipinski definition) is 2. The Kier molecular flexibility index (Phi) is 7.83. The maximum absolute atomic E-state index is 6.28. The van der Waals surface area contributed by atoms with E-state index in [-0.39, 0.29) is 5.84 Å². The summed E-state index contributed by atoms with van der Waals surface area (Å²) >= 11 is 5.92. The van der Waals surface area contributed by atoms with Gasteiger partial charge in [0, 0.05) is 24.2 Å². The Morgan fingerprint density at radius 2 is 1.89 bits per heavy atom. The number of nitrogens with zero attached hydrogens (tertiary/aromatic N) is 2. The van der Waals surface area contributed by atoms with Crippen LogP contribution < -0.4 is 5.73 Å². The lowest BCUT2D eigenvalue weighted by molar-refractivity contribution is 0.796. The van der Waals surface area contributed by atoms with Crippen molar-refractivity contribution in [2.45, 2.75) is 26.8 Å². The van der Waals surface area contributed by atoms with Gasteiger partial charge in [-0.3, -0.25) is 5.41 Å². The molecule has 0 spiro atoms. The van der Waals surface area contributed by atoms with Crippen LogP contribution in [0.4, 0.5) is 0 Å². The zero-order valence-corrected chi connectivity index (χ0v) is 16.4. The number of aromatic nitrogens is 2. The normalized spacial score (nSPS) is 10.5. The van der Waals surface area contributed by atoms with Crippen molar-refractivity contribution in [1.82, 2.24) is 9.55 Å². The van der Waals surface area contributed by atoms with Crippen molar-refractivity contribution in [3.05, 3.63) is 94.5 Å². The van der Waals surface area contributed by atoms with Gasteiger partial charge in [-0.2, -0.15) is 0 Å². The van der Waals surface area contributed by atoms with Crippen LogP contribution in [0.3, 0.4) is 0 Å². The van der Waals surface area contributed by atoms with Crippen molar-refractivity contribution < 1.29 is 0 Å². The highest BCUT2D eigenvalue weighted by Crippen LogP contribution is 2.13. The van der Waals surface area contributed by atoms with Gasteiger partial charge in [0.05, 0.1) is 17.9 Å². The maximum Gasteiger partial charge on any atom is 0.0952 e. The minimum Gasteiger partial charge on any atom is -0.388 e. The van der Waals surface area contributed by atoms with Crippen LogP contribution in [0.5, 0.6) is 0 Å². The highest BCUT2D eigenvalue weighted by atomic mass is 35.5. The number of hydrogen-bond acceptors (Lipinski definition) is 2. The van der Waals surface area contributed by atoms with E-state index >= 15 is 0 Å². The molecular weight excluding hydrogens is 356 g/mol. The Labute approximate surface area is 165 Å². The fraction of sp³-hybridized carbons (Fsp3) is 0.182. The smallest absolute Gasteiger partial charge is 0.0952 e. The average Bonchev–Trinajstić information content (AvgIpc) is 3.04. The van der Waals surface area contributed by atoms with Crippen LogP contribution in [0.1, 0.15) is 36.2 Å². The summed E-state index contributed by atoms with van der Waals surface area (Å²) in [7, 11) is 0. The van der Waals surface area contributed by atoms with Gasteiger partial charge >= 0.3 is 0 Å². The number of allylic oxidation sites excluding steroid dienone is 1. The van der Waals surface area contributed by atoms with E-state index in [9.17, 15) is 0 Å². The minimum atomic E-state index is 0.167. The zero-order chi connectivity index (χ0) is 19.6. The summed E-state index contributed by atoms with van der Waals surface area (Å²) in [6.07, 6.45) is 9.01. The molecular formula is C22H25ClN4. The number of benzene rings is 2. The van der Waals surface area contributed by atoms with Crippen LogP contribution in [0.2, 0.25) is 5.02 Å². The largest absolute Gasteiger partial charge is 0.388 e. The van der Waals surface area contributed by atoms with Gasteiger partial charge in [-0.1, -0.05) is 60.2 Å². The van der Waals surface area contributed by atoms with Crippen molar-refractivity contribution >= 4 is 23.5 Å². The topological polar surface area (TPSA) is 67.7 Å². The SMILES string of the molecule is CC(=N)N.CC=Cc1cccc(Cc2cn(Cc3ccc(Cl)cc3)cn2)c1. The third-order valence-corrected chi connectivity index (χ3v) is 3.91. The van der Waals surface area contributed by atoms with E-state index in [1.807, 2.05) is 37.5 Å². The summed E-state index contributed by atoms with van der Waals surface area (Å²) in [6, 6.07) is 16.5. The molecule has 0 saturated carbocycles. The Balaban J connectivity index is 0.000000596. The van der Waals surface area contributed by atoms with E-state index < -0.39 is 0 Å². The summed E-state index contributed by atoms with van der Waals surface area (Å²) in [5.41, 5.74) is 9.49. The van der Waals surface area contributed by atoms with Crippen LogP contribution in [0, 0.1) is 5.41 Å². The lowest BCUT2D eigenvalue weighted by Crippen LogP contribution is -2.00. The minimum absolute atomic E-state index is 0.167. The van der Waals surface area contributed by atoms with Gasteiger partial charge in [0.25, 0.3) is 0 Å². The summed E-state index contributed by atoms with van der Waals surface area (Å²) in [4.78, 5) is 4.52. The van der Waals surface area contributed by atoms with Gasteiger partial charge in [0.1, 0.15) is 0 Å². The molecule has 0 saturated heterocycles. The van der Waals surface area contributed by atoms with Gasteiger partial charge in [-0.25, -0.2) is 4.98 Å². The summed E-state index contributed by atoms with van der Waals surface area (Å²) in [6.45, 7) is 4.37. The molecule has 3 rings (SSSR count). The van der Waals surface area contributed by atoms with E-state index in [0.717, 1.165) is 23.7 Å². The first-order chi connectivity index (χ1) is 13.0. The molecule has 4 nitrogen and oxygen atoms in total. The third-order valence-electron chi connectivity index (χ3n) is 3.66. The summed E-state index contributed by atoms with van der Waals surface area (Å²) in [5, 5.41) is 7.04. The fourth-order valence-corrected chi connectivity index (χ4v) is 2.72. The predicted octanol–water partition coefficient (Wildman–Crippen LogP) is 5.15. The van der Waals surface area contributed by atoms with E-state index in [1.54, 1.807) is 0 Å². The van der Waals surface area contributed by atoms with Gasteiger partial charge in [0.15, 0.2) is 0 Å². The molecule has 0 aliphatic rings. The zero-order valence-electron chi connectivity index (χ0n) is 15.7. The van der Waals surface area contributed by atoms with E-state index in [4.69, 9.17) is 22.7 Å². The molecule has 0 atom stereocenters. The van der Waals surface area contributed by atoms with Gasteiger partial charge < -0.3 is 10.3 Å². The second kappa shape index (κ2) is 10.3. The molecule has 5 heteroatoms. The lowest BCUT2D eigenvalue weighted by Gasteiger charge is -2.03. The first-order valence-electron chi connectivity index (χ1n) is 8.73. The van der Waals surface area contributed by atoms with Crippen molar-refractivity contribution in [3.63, 3.8) is 0 Å². The quantitative estimate of drug-likeness (QED) is 0.474. The Bertz CT molecular complexity index is 891. The number of nitrogens with one attached hydrogen (secondary N) is 1. The number of rotatable bonds is 5. The predicted molar refractivity (Wildman–Crippen MR) is 114 cm³/mol. The third kappa shape index (κ3) is 7.50. The molecule has 140 valence electrons. The fourth-order valence-electron chi connectivity index (χ4n) is 2.59. The van der Waals surface area contributed by atoms with Crippen LogP contribution in [-0.2, 0) is 13.0 Å². The Hall–Kier alpha value is -2.85. The van der Waals surface area contributed by atoms with Gasteiger partial charge in [0.2, 0.25) is 0 Å². The molecule has 0 aliphatic carbocycles. The van der Waals surface area contributed by atoms with Crippen molar-refractivity contribution in [3.8, 4) is 0 Å². The van der Waals surface area contributed by atoms with E-state index in [0.29, 0.717) is 0 Å². The summed E-state index contributed by atoms with van der Waals surface area (Å²) < 4.78 is 2.11. The maximum atomic E-state index is 6.28.